The fourth-order valence-electron chi connectivity index (χ4n) is 1.93. The van der Waals surface area contributed by atoms with Crippen LogP contribution in [0.5, 0.6) is 0 Å². The van der Waals surface area contributed by atoms with Gasteiger partial charge < -0.3 is 5.11 Å². The summed E-state index contributed by atoms with van der Waals surface area (Å²) in [6.45, 7) is 8.85. The third kappa shape index (κ3) is 2.08. The van der Waals surface area contributed by atoms with Gasteiger partial charge in [-0.1, -0.05) is 18.6 Å². The van der Waals surface area contributed by atoms with E-state index in [0.717, 1.165) is 13.0 Å². The van der Waals surface area contributed by atoms with E-state index in [0.29, 0.717) is 6.04 Å². The number of nitrogens with zero attached hydrogens (tertiary/aromatic N) is 1. The second kappa shape index (κ2) is 4.06. The molecule has 2 atom stereocenters. The van der Waals surface area contributed by atoms with E-state index < -0.39 is 0 Å². The molecule has 1 aliphatic rings. The Morgan fingerprint density at radius 2 is 2.25 bits per heavy atom. The molecule has 0 aromatic rings. The Hall–Kier alpha value is -0.340. The second-order valence-corrected chi connectivity index (χ2v) is 3.73. The average Bonchev–Trinajstić information content (AvgIpc) is 2.04. The molecule has 1 N–H and O–H groups in total. The Morgan fingerprint density at radius 1 is 1.58 bits per heavy atom. The monoisotopic (exact) mass is 169 g/mol. The van der Waals surface area contributed by atoms with Crippen LogP contribution in [-0.2, 0) is 0 Å². The Balaban J connectivity index is 2.60. The van der Waals surface area contributed by atoms with Crippen LogP contribution in [0.25, 0.3) is 0 Å². The molecular weight excluding hydrogens is 150 g/mol. The van der Waals surface area contributed by atoms with E-state index in [9.17, 15) is 5.11 Å². The fraction of sp³-hybridized carbons (Fsp3) is 0.800. The molecule has 1 aliphatic heterocycles. The molecule has 0 saturated carbocycles. The van der Waals surface area contributed by atoms with Gasteiger partial charge in [-0.05, 0) is 26.7 Å². The van der Waals surface area contributed by atoms with Crippen LogP contribution in [0, 0.1) is 0 Å². The van der Waals surface area contributed by atoms with E-state index in [1.807, 2.05) is 13.8 Å². The van der Waals surface area contributed by atoms with E-state index in [2.05, 4.69) is 11.5 Å². The summed E-state index contributed by atoms with van der Waals surface area (Å²) < 4.78 is 0. The molecular formula is C10H19NO. The maximum Gasteiger partial charge on any atom is 0.105 e. The maximum atomic E-state index is 9.48. The Morgan fingerprint density at radius 3 is 2.67 bits per heavy atom. The fourth-order valence-corrected chi connectivity index (χ4v) is 1.93. The average molecular weight is 169 g/mol. The van der Waals surface area contributed by atoms with Gasteiger partial charge >= 0.3 is 0 Å². The zero-order valence-corrected chi connectivity index (χ0v) is 8.08. The van der Waals surface area contributed by atoms with Crippen molar-refractivity contribution in [2.75, 3.05) is 6.54 Å². The summed E-state index contributed by atoms with van der Waals surface area (Å²) >= 11 is 0. The molecule has 0 aromatic heterocycles. The Bertz CT molecular complexity index is 165. The molecule has 1 fully saturated rings. The van der Waals surface area contributed by atoms with Crippen molar-refractivity contribution in [1.82, 2.24) is 4.90 Å². The normalized spacial score (nSPS) is 28.4. The summed E-state index contributed by atoms with van der Waals surface area (Å²) in [5.74, 6) is 0. The van der Waals surface area contributed by atoms with Crippen LogP contribution in [0.2, 0.25) is 0 Å². The lowest BCUT2D eigenvalue weighted by atomic mass is 9.97. The van der Waals surface area contributed by atoms with Crippen molar-refractivity contribution in [3.63, 3.8) is 0 Å². The first-order valence-corrected chi connectivity index (χ1v) is 4.72. The summed E-state index contributed by atoms with van der Waals surface area (Å²) in [6.07, 6.45) is 3.29. The SMILES string of the molecule is C=C(C)[C@@H]1CCCCN1C(C)O. The lowest BCUT2D eigenvalue weighted by molar-refractivity contribution is -0.0174. The molecule has 0 spiro atoms. The first kappa shape index (κ1) is 9.75. The number of aliphatic hydroxyl groups excluding tert-OH is 1. The lowest BCUT2D eigenvalue weighted by Crippen LogP contribution is -2.45. The zero-order chi connectivity index (χ0) is 9.14. The van der Waals surface area contributed by atoms with Gasteiger partial charge in [0.1, 0.15) is 6.23 Å². The molecule has 1 heterocycles. The van der Waals surface area contributed by atoms with E-state index >= 15 is 0 Å². The van der Waals surface area contributed by atoms with E-state index in [1.165, 1.54) is 18.4 Å². The summed E-state index contributed by atoms with van der Waals surface area (Å²) in [5.41, 5.74) is 1.18. The van der Waals surface area contributed by atoms with E-state index in [1.54, 1.807) is 0 Å². The predicted molar refractivity (Wildman–Crippen MR) is 50.8 cm³/mol. The van der Waals surface area contributed by atoms with Crippen molar-refractivity contribution in [2.24, 2.45) is 0 Å². The minimum Gasteiger partial charge on any atom is -0.379 e. The minimum atomic E-state index is -0.327. The largest absolute Gasteiger partial charge is 0.379 e. The van der Waals surface area contributed by atoms with Gasteiger partial charge in [0, 0.05) is 12.6 Å². The summed E-state index contributed by atoms with van der Waals surface area (Å²) in [4.78, 5) is 2.13. The number of hydrogen-bond acceptors (Lipinski definition) is 2. The van der Waals surface area contributed by atoms with Crippen molar-refractivity contribution < 1.29 is 5.11 Å². The van der Waals surface area contributed by atoms with Crippen LogP contribution < -0.4 is 0 Å². The highest BCUT2D eigenvalue weighted by Crippen LogP contribution is 2.23. The highest BCUT2D eigenvalue weighted by Gasteiger charge is 2.25. The zero-order valence-electron chi connectivity index (χ0n) is 8.08. The summed E-state index contributed by atoms with van der Waals surface area (Å²) in [7, 11) is 0. The first-order valence-electron chi connectivity index (χ1n) is 4.72. The Kier molecular flexibility index (Phi) is 3.29. The third-order valence-electron chi connectivity index (χ3n) is 2.59. The number of hydrogen-bond donors (Lipinski definition) is 1. The molecule has 0 radical (unpaired) electrons. The van der Waals surface area contributed by atoms with Gasteiger partial charge in [-0.25, -0.2) is 0 Å². The number of aliphatic hydroxyl groups is 1. The number of likely N-dealkylation sites (tertiary alicyclic amines) is 1. The molecule has 0 aromatic carbocycles. The van der Waals surface area contributed by atoms with Gasteiger partial charge in [-0.15, -0.1) is 0 Å². The summed E-state index contributed by atoms with van der Waals surface area (Å²) in [6, 6.07) is 0.402. The van der Waals surface area contributed by atoms with Crippen LogP contribution >= 0.6 is 0 Å². The van der Waals surface area contributed by atoms with Crippen LogP contribution in [0.15, 0.2) is 12.2 Å². The van der Waals surface area contributed by atoms with Gasteiger partial charge in [-0.2, -0.15) is 0 Å². The van der Waals surface area contributed by atoms with Crippen LogP contribution in [0.3, 0.4) is 0 Å². The van der Waals surface area contributed by atoms with Crippen LogP contribution in [0.1, 0.15) is 33.1 Å². The predicted octanol–water partition coefficient (Wildman–Crippen LogP) is 1.76. The van der Waals surface area contributed by atoms with Gasteiger partial charge in [0.05, 0.1) is 0 Å². The topological polar surface area (TPSA) is 23.5 Å². The summed E-state index contributed by atoms with van der Waals surface area (Å²) in [5, 5.41) is 9.48. The van der Waals surface area contributed by atoms with Gasteiger partial charge in [0.25, 0.3) is 0 Å². The highest BCUT2D eigenvalue weighted by atomic mass is 16.3. The minimum absolute atomic E-state index is 0.327. The Labute approximate surface area is 74.9 Å². The molecule has 2 nitrogen and oxygen atoms in total. The first-order chi connectivity index (χ1) is 5.63. The molecule has 1 unspecified atom stereocenters. The van der Waals surface area contributed by atoms with E-state index in [-0.39, 0.29) is 6.23 Å². The van der Waals surface area contributed by atoms with Crippen molar-refractivity contribution >= 4 is 0 Å². The smallest absolute Gasteiger partial charge is 0.105 e. The molecule has 1 saturated heterocycles. The standard InChI is InChI=1S/C10H19NO/c1-8(2)10-6-4-5-7-11(10)9(3)12/h9-10,12H,1,4-7H2,2-3H3/t9?,10-/m0/s1. The molecule has 1 rings (SSSR count). The van der Waals surface area contributed by atoms with Crippen LogP contribution in [0.4, 0.5) is 0 Å². The van der Waals surface area contributed by atoms with Gasteiger partial charge in [-0.3, -0.25) is 4.90 Å². The quantitative estimate of drug-likeness (QED) is 0.637. The van der Waals surface area contributed by atoms with E-state index in [4.69, 9.17) is 0 Å². The van der Waals surface area contributed by atoms with Crippen molar-refractivity contribution in [3.05, 3.63) is 12.2 Å². The van der Waals surface area contributed by atoms with Crippen molar-refractivity contribution in [3.8, 4) is 0 Å². The van der Waals surface area contributed by atoms with Gasteiger partial charge in [0.2, 0.25) is 0 Å². The molecule has 0 aliphatic carbocycles. The van der Waals surface area contributed by atoms with Crippen molar-refractivity contribution in [2.45, 2.75) is 45.4 Å². The lowest BCUT2D eigenvalue weighted by Gasteiger charge is -2.38. The maximum absolute atomic E-state index is 9.48. The molecule has 0 bridgehead atoms. The van der Waals surface area contributed by atoms with Gasteiger partial charge in [0.15, 0.2) is 0 Å². The third-order valence-corrected chi connectivity index (χ3v) is 2.59. The molecule has 0 amide bonds. The molecule has 70 valence electrons. The number of rotatable bonds is 2. The van der Waals surface area contributed by atoms with Crippen molar-refractivity contribution in [1.29, 1.82) is 0 Å². The highest BCUT2D eigenvalue weighted by molar-refractivity contribution is 5.03. The molecule has 2 heteroatoms. The van der Waals surface area contributed by atoms with Crippen LogP contribution in [-0.4, -0.2) is 28.8 Å². The molecule has 12 heavy (non-hydrogen) atoms. The number of piperidine rings is 1. The second-order valence-electron chi connectivity index (χ2n) is 3.73.